The van der Waals surface area contributed by atoms with Gasteiger partial charge in [0.1, 0.15) is 0 Å². The first-order valence-electron chi connectivity index (χ1n) is 7.80. The topological polar surface area (TPSA) is 24.5 Å². The first-order chi connectivity index (χ1) is 9.60. The van der Waals surface area contributed by atoms with E-state index in [-0.39, 0.29) is 0 Å². The summed E-state index contributed by atoms with van der Waals surface area (Å²) < 4.78 is 5.77. The standard InChI is InChI=1S/C17H28N2O/c1-5-16-12-20-14(4)11-19(16)17-8-6-15(7-9-17)10-18-13(2)3/h6-9,13-14,16,18H,5,10-12H2,1-4H3. The van der Waals surface area contributed by atoms with Crippen molar-refractivity contribution < 1.29 is 4.74 Å². The van der Waals surface area contributed by atoms with Gasteiger partial charge in [0.05, 0.1) is 18.8 Å². The molecule has 3 nitrogen and oxygen atoms in total. The van der Waals surface area contributed by atoms with Crippen molar-refractivity contribution in [2.24, 2.45) is 0 Å². The maximum absolute atomic E-state index is 5.77. The minimum absolute atomic E-state index is 0.320. The van der Waals surface area contributed by atoms with Crippen molar-refractivity contribution in [3.05, 3.63) is 29.8 Å². The SMILES string of the molecule is CCC1COC(C)CN1c1ccc(CNC(C)C)cc1. The van der Waals surface area contributed by atoms with Gasteiger partial charge in [0.2, 0.25) is 0 Å². The first kappa shape index (κ1) is 15.3. The molecule has 20 heavy (non-hydrogen) atoms. The van der Waals surface area contributed by atoms with Crippen LogP contribution in [0.15, 0.2) is 24.3 Å². The number of benzene rings is 1. The summed E-state index contributed by atoms with van der Waals surface area (Å²) in [6.07, 6.45) is 1.45. The average Bonchev–Trinajstić information content (AvgIpc) is 2.45. The van der Waals surface area contributed by atoms with Crippen molar-refractivity contribution in [2.75, 3.05) is 18.1 Å². The minimum Gasteiger partial charge on any atom is -0.375 e. The molecule has 1 aromatic carbocycles. The number of hydrogen-bond donors (Lipinski definition) is 1. The molecule has 0 aromatic heterocycles. The number of nitrogens with one attached hydrogen (secondary N) is 1. The Labute approximate surface area is 123 Å². The monoisotopic (exact) mass is 276 g/mol. The molecule has 1 saturated heterocycles. The van der Waals surface area contributed by atoms with E-state index in [0.29, 0.717) is 18.2 Å². The van der Waals surface area contributed by atoms with Gasteiger partial charge in [-0.25, -0.2) is 0 Å². The first-order valence-corrected chi connectivity index (χ1v) is 7.80. The van der Waals surface area contributed by atoms with Crippen molar-refractivity contribution >= 4 is 5.69 Å². The minimum atomic E-state index is 0.320. The number of hydrogen-bond acceptors (Lipinski definition) is 3. The lowest BCUT2D eigenvalue weighted by Crippen LogP contribution is -2.48. The number of morpholine rings is 1. The van der Waals surface area contributed by atoms with Crippen LogP contribution in [0.4, 0.5) is 5.69 Å². The van der Waals surface area contributed by atoms with Crippen molar-refractivity contribution in [3.8, 4) is 0 Å². The molecule has 0 radical (unpaired) electrons. The molecule has 2 atom stereocenters. The highest BCUT2D eigenvalue weighted by Gasteiger charge is 2.25. The number of rotatable bonds is 5. The van der Waals surface area contributed by atoms with Crippen LogP contribution < -0.4 is 10.2 Å². The highest BCUT2D eigenvalue weighted by molar-refractivity contribution is 5.49. The zero-order valence-corrected chi connectivity index (χ0v) is 13.2. The van der Waals surface area contributed by atoms with Gasteiger partial charge in [0, 0.05) is 24.8 Å². The number of anilines is 1. The summed E-state index contributed by atoms with van der Waals surface area (Å²) in [5.74, 6) is 0. The third-order valence-electron chi connectivity index (χ3n) is 3.92. The Morgan fingerprint density at radius 1 is 1.30 bits per heavy atom. The van der Waals surface area contributed by atoms with Gasteiger partial charge in [-0.05, 0) is 31.0 Å². The molecular formula is C17H28N2O. The van der Waals surface area contributed by atoms with E-state index in [9.17, 15) is 0 Å². The summed E-state index contributed by atoms with van der Waals surface area (Å²) in [5.41, 5.74) is 2.66. The largest absolute Gasteiger partial charge is 0.375 e. The van der Waals surface area contributed by atoms with Crippen molar-refractivity contribution in [1.82, 2.24) is 5.32 Å². The van der Waals surface area contributed by atoms with E-state index in [4.69, 9.17) is 4.74 Å². The van der Waals surface area contributed by atoms with E-state index in [2.05, 4.69) is 62.2 Å². The Morgan fingerprint density at radius 2 is 2.00 bits per heavy atom. The third-order valence-corrected chi connectivity index (χ3v) is 3.92. The van der Waals surface area contributed by atoms with Crippen LogP contribution in [-0.2, 0) is 11.3 Å². The summed E-state index contributed by atoms with van der Waals surface area (Å²) >= 11 is 0. The molecule has 1 aliphatic heterocycles. The fourth-order valence-corrected chi connectivity index (χ4v) is 2.63. The van der Waals surface area contributed by atoms with Gasteiger partial charge in [-0.2, -0.15) is 0 Å². The molecule has 1 heterocycles. The van der Waals surface area contributed by atoms with Gasteiger partial charge in [-0.1, -0.05) is 32.9 Å². The van der Waals surface area contributed by atoms with E-state index < -0.39 is 0 Å². The number of nitrogens with zero attached hydrogens (tertiary/aromatic N) is 1. The van der Waals surface area contributed by atoms with Gasteiger partial charge in [-0.3, -0.25) is 0 Å². The lowest BCUT2D eigenvalue weighted by Gasteiger charge is -2.40. The molecular weight excluding hydrogens is 248 g/mol. The third kappa shape index (κ3) is 3.97. The molecule has 1 aliphatic rings. The molecule has 3 heteroatoms. The van der Waals surface area contributed by atoms with E-state index in [1.165, 1.54) is 11.3 Å². The lowest BCUT2D eigenvalue weighted by molar-refractivity contribution is 0.0299. The molecule has 0 bridgehead atoms. The molecule has 1 N–H and O–H groups in total. The fraction of sp³-hybridized carbons (Fsp3) is 0.647. The Bertz CT molecular complexity index is 402. The Morgan fingerprint density at radius 3 is 2.60 bits per heavy atom. The van der Waals surface area contributed by atoms with Gasteiger partial charge in [-0.15, -0.1) is 0 Å². The maximum Gasteiger partial charge on any atom is 0.0723 e. The van der Waals surface area contributed by atoms with E-state index in [1.807, 2.05) is 0 Å². The molecule has 0 spiro atoms. The number of ether oxygens (including phenoxy) is 1. The summed E-state index contributed by atoms with van der Waals surface area (Å²) in [6.45, 7) is 11.5. The smallest absolute Gasteiger partial charge is 0.0723 e. The average molecular weight is 276 g/mol. The molecule has 1 fully saturated rings. The zero-order chi connectivity index (χ0) is 14.5. The second-order valence-electron chi connectivity index (χ2n) is 6.06. The quantitative estimate of drug-likeness (QED) is 0.894. The Kier molecular flexibility index (Phi) is 5.44. The normalized spacial score (nSPS) is 23.4. The predicted molar refractivity (Wildman–Crippen MR) is 85.3 cm³/mol. The van der Waals surface area contributed by atoms with Crippen LogP contribution >= 0.6 is 0 Å². The molecule has 2 rings (SSSR count). The second kappa shape index (κ2) is 7.09. The summed E-state index contributed by atoms with van der Waals surface area (Å²) in [4.78, 5) is 2.49. The van der Waals surface area contributed by atoms with Gasteiger partial charge in [0.15, 0.2) is 0 Å². The highest BCUT2D eigenvalue weighted by Crippen LogP contribution is 2.23. The van der Waals surface area contributed by atoms with Crippen molar-refractivity contribution in [1.29, 1.82) is 0 Å². The van der Waals surface area contributed by atoms with Gasteiger partial charge < -0.3 is 15.0 Å². The molecule has 0 aliphatic carbocycles. The van der Waals surface area contributed by atoms with Gasteiger partial charge >= 0.3 is 0 Å². The van der Waals surface area contributed by atoms with E-state index in [0.717, 1.165) is 26.1 Å². The van der Waals surface area contributed by atoms with Crippen molar-refractivity contribution in [3.63, 3.8) is 0 Å². The summed E-state index contributed by atoms with van der Waals surface area (Å²) in [5, 5.41) is 3.45. The molecule has 1 aromatic rings. The van der Waals surface area contributed by atoms with Crippen LogP contribution in [0, 0.1) is 0 Å². The van der Waals surface area contributed by atoms with Crippen LogP contribution in [0.1, 0.15) is 39.7 Å². The predicted octanol–water partition coefficient (Wildman–Crippen LogP) is 3.19. The zero-order valence-electron chi connectivity index (χ0n) is 13.2. The summed E-state index contributed by atoms with van der Waals surface area (Å²) in [6, 6.07) is 10.00. The van der Waals surface area contributed by atoms with Crippen LogP contribution in [-0.4, -0.2) is 31.3 Å². The van der Waals surface area contributed by atoms with Crippen LogP contribution in [0.25, 0.3) is 0 Å². The second-order valence-corrected chi connectivity index (χ2v) is 6.06. The van der Waals surface area contributed by atoms with E-state index in [1.54, 1.807) is 0 Å². The maximum atomic E-state index is 5.77. The van der Waals surface area contributed by atoms with Crippen LogP contribution in [0.5, 0.6) is 0 Å². The lowest BCUT2D eigenvalue weighted by atomic mass is 10.1. The van der Waals surface area contributed by atoms with E-state index >= 15 is 0 Å². The molecule has 0 saturated carbocycles. The fourth-order valence-electron chi connectivity index (χ4n) is 2.63. The Balaban J connectivity index is 2.03. The highest BCUT2D eigenvalue weighted by atomic mass is 16.5. The summed E-state index contributed by atoms with van der Waals surface area (Å²) in [7, 11) is 0. The Hall–Kier alpha value is -1.06. The molecule has 112 valence electrons. The molecule has 0 amide bonds. The van der Waals surface area contributed by atoms with Crippen LogP contribution in [0.2, 0.25) is 0 Å². The van der Waals surface area contributed by atoms with Crippen molar-refractivity contribution in [2.45, 2.75) is 58.8 Å². The van der Waals surface area contributed by atoms with Crippen LogP contribution in [0.3, 0.4) is 0 Å². The van der Waals surface area contributed by atoms with Gasteiger partial charge in [0.25, 0.3) is 0 Å². The molecule has 2 unspecified atom stereocenters.